The van der Waals surface area contributed by atoms with Gasteiger partial charge in [0.25, 0.3) is 5.91 Å². The van der Waals surface area contributed by atoms with Crippen molar-refractivity contribution in [1.29, 1.82) is 0 Å². The molecule has 0 aliphatic carbocycles. The summed E-state index contributed by atoms with van der Waals surface area (Å²) < 4.78 is 1.15. The molecule has 0 aliphatic heterocycles. The lowest BCUT2D eigenvalue weighted by molar-refractivity contribution is 0.0874. The highest BCUT2D eigenvalue weighted by atomic mass is 16.2. The maximum Gasteiger partial charge on any atom is 0.257 e. The van der Waals surface area contributed by atoms with Crippen LogP contribution in [-0.4, -0.2) is 26.9 Å². The monoisotopic (exact) mass is 216 g/mol. The van der Waals surface area contributed by atoms with Crippen LogP contribution in [0.2, 0.25) is 0 Å². The second kappa shape index (κ2) is 4.00. The van der Waals surface area contributed by atoms with Gasteiger partial charge in [0, 0.05) is 4.91 Å². The molecule has 1 aromatic heterocycles. The normalized spacial score (nSPS) is 12.1. The predicted molar refractivity (Wildman–Crippen MR) is 56.8 cm³/mol. The van der Waals surface area contributed by atoms with Gasteiger partial charge in [0.15, 0.2) is 0 Å². The molecule has 0 bridgehead atoms. The summed E-state index contributed by atoms with van der Waals surface area (Å²) in [4.78, 5) is 14.4. The number of hydrogen-bond donors (Lipinski definition) is 0. The Kier molecular flexibility index (Phi) is 2.53. The highest BCUT2D eigenvalue weighted by molar-refractivity contribution is 5.91. The topological polar surface area (TPSA) is 96.5 Å². The Bertz CT molecular complexity index is 582. The lowest BCUT2D eigenvalue weighted by Crippen LogP contribution is -2.23. The minimum atomic E-state index is -0.796. The third kappa shape index (κ3) is 1.59. The van der Waals surface area contributed by atoms with E-state index < -0.39 is 11.9 Å². The van der Waals surface area contributed by atoms with E-state index in [-0.39, 0.29) is 0 Å². The summed E-state index contributed by atoms with van der Waals surface area (Å²) in [5, 5.41) is 10.9. The first-order valence-corrected chi connectivity index (χ1v) is 4.63. The Morgan fingerprint density at radius 3 is 3.06 bits per heavy atom. The summed E-state index contributed by atoms with van der Waals surface area (Å²) in [6.07, 6.45) is 0. The van der Waals surface area contributed by atoms with E-state index in [0.717, 1.165) is 4.68 Å². The van der Waals surface area contributed by atoms with E-state index >= 15 is 0 Å². The van der Waals surface area contributed by atoms with E-state index in [1.807, 2.05) is 6.07 Å². The fourth-order valence-corrected chi connectivity index (χ4v) is 1.34. The van der Waals surface area contributed by atoms with Crippen molar-refractivity contribution in [3.63, 3.8) is 0 Å². The van der Waals surface area contributed by atoms with Crippen LogP contribution in [0.25, 0.3) is 21.5 Å². The molecule has 0 saturated carbocycles. The van der Waals surface area contributed by atoms with Crippen molar-refractivity contribution >= 4 is 16.9 Å². The van der Waals surface area contributed by atoms with Crippen molar-refractivity contribution in [3.05, 3.63) is 34.7 Å². The maximum absolute atomic E-state index is 11.8. The Labute approximate surface area is 90.3 Å². The molecule has 2 aromatic rings. The van der Waals surface area contributed by atoms with E-state index in [0.29, 0.717) is 11.0 Å². The molecule has 0 unspecified atom stereocenters. The molecule has 0 radical (unpaired) electrons. The van der Waals surface area contributed by atoms with Gasteiger partial charge >= 0.3 is 0 Å². The van der Waals surface area contributed by atoms with Gasteiger partial charge in [-0.1, -0.05) is 22.5 Å². The lowest BCUT2D eigenvalue weighted by Gasteiger charge is -2.02. The summed E-state index contributed by atoms with van der Waals surface area (Å²) in [7, 11) is 0. The van der Waals surface area contributed by atoms with E-state index in [1.165, 1.54) is 6.92 Å². The van der Waals surface area contributed by atoms with Crippen molar-refractivity contribution in [3.8, 4) is 0 Å². The van der Waals surface area contributed by atoms with Crippen LogP contribution in [0.4, 0.5) is 0 Å². The van der Waals surface area contributed by atoms with Gasteiger partial charge in [0.2, 0.25) is 0 Å². The van der Waals surface area contributed by atoms with Gasteiger partial charge in [-0.25, -0.2) is 0 Å². The number of nitrogens with zero attached hydrogens (tertiary/aromatic N) is 6. The van der Waals surface area contributed by atoms with Crippen LogP contribution in [0.1, 0.15) is 11.7 Å². The molecule has 7 heteroatoms. The molecule has 16 heavy (non-hydrogen) atoms. The molecule has 0 amide bonds. The molecular formula is C9H8N6O. The van der Waals surface area contributed by atoms with Gasteiger partial charge in [-0.3, -0.25) is 4.79 Å². The zero-order valence-corrected chi connectivity index (χ0v) is 8.48. The van der Waals surface area contributed by atoms with Crippen molar-refractivity contribution in [2.75, 3.05) is 0 Å². The average molecular weight is 216 g/mol. The predicted octanol–water partition coefficient (Wildman–Crippen LogP) is 1.77. The second-order valence-corrected chi connectivity index (χ2v) is 3.21. The molecule has 0 spiro atoms. The zero-order valence-electron chi connectivity index (χ0n) is 8.48. The van der Waals surface area contributed by atoms with E-state index in [2.05, 4.69) is 20.3 Å². The van der Waals surface area contributed by atoms with E-state index in [1.54, 1.807) is 18.2 Å². The number of rotatable bonds is 2. The average Bonchev–Trinajstić information content (AvgIpc) is 2.72. The van der Waals surface area contributed by atoms with Crippen LogP contribution in [-0.2, 0) is 0 Å². The van der Waals surface area contributed by atoms with Crippen LogP contribution < -0.4 is 0 Å². The Hall–Kier alpha value is -2.40. The summed E-state index contributed by atoms with van der Waals surface area (Å²) in [5.41, 5.74) is 9.49. The minimum Gasteiger partial charge on any atom is -0.272 e. The number of carbonyl (C=O) groups is 1. The molecule has 0 aliphatic rings. The zero-order chi connectivity index (χ0) is 11.5. The summed E-state index contributed by atoms with van der Waals surface area (Å²) in [6, 6.07) is 6.28. The van der Waals surface area contributed by atoms with Crippen LogP contribution in [0.15, 0.2) is 29.4 Å². The van der Waals surface area contributed by atoms with Gasteiger partial charge in [-0.05, 0) is 24.6 Å². The molecular weight excluding hydrogens is 208 g/mol. The molecule has 0 fully saturated rings. The van der Waals surface area contributed by atoms with Gasteiger partial charge in [0.1, 0.15) is 11.6 Å². The number of carbonyl (C=O) groups excluding carboxylic acids is 1. The lowest BCUT2D eigenvalue weighted by atomic mass is 10.3. The standard InChI is InChI=1S/C9H8N6O/c1-6(11-13-10)9(16)15-8-5-3-2-4-7(8)12-14-15/h2-6H,1H3/t6-/m0/s1. The smallest absolute Gasteiger partial charge is 0.257 e. The second-order valence-electron chi connectivity index (χ2n) is 3.21. The number of aromatic nitrogens is 3. The highest BCUT2D eigenvalue weighted by Crippen LogP contribution is 2.10. The Balaban J connectivity index is 2.48. The molecule has 7 nitrogen and oxygen atoms in total. The largest absolute Gasteiger partial charge is 0.272 e. The third-order valence-electron chi connectivity index (χ3n) is 2.14. The summed E-state index contributed by atoms with van der Waals surface area (Å²) in [6.45, 7) is 1.51. The maximum atomic E-state index is 11.8. The van der Waals surface area contributed by atoms with Gasteiger partial charge in [0.05, 0.1) is 5.52 Å². The molecule has 0 N–H and O–H groups in total. The van der Waals surface area contributed by atoms with Crippen LogP contribution >= 0.6 is 0 Å². The van der Waals surface area contributed by atoms with Crippen molar-refractivity contribution in [2.24, 2.45) is 5.11 Å². The number of para-hydroxylation sites is 1. The first-order chi connectivity index (χ1) is 7.74. The van der Waals surface area contributed by atoms with Crippen molar-refractivity contribution in [1.82, 2.24) is 15.0 Å². The molecule has 2 rings (SSSR count). The van der Waals surface area contributed by atoms with Gasteiger partial charge in [-0.15, -0.1) is 5.10 Å². The fraction of sp³-hybridized carbons (Fsp3) is 0.222. The number of azide groups is 1. The fourth-order valence-electron chi connectivity index (χ4n) is 1.34. The Morgan fingerprint density at radius 2 is 2.31 bits per heavy atom. The van der Waals surface area contributed by atoms with Gasteiger partial charge < -0.3 is 0 Å². The SMILES string of the molecule is C[C@H](N=[N+]=[N-])C(=O)n1nnc2ccccc21. The molecule has 1 heterocycles. The number of fused-ring (bicyclic) bond motifs is 1. The molecule has 1 atom stereocenters. The first-order valence-electron chi connectivity index (χ1n) is 4.63. The van der Waals surface area contributed by atoms with Crippen LogP contribution in [0.5, 0.6) is 0 Å². The Morgan fingerprint density at radius 1 is 1.56 bits per heavy atom. The summed E-state index contributed by atoms with van der Waals surface area (Å²) in [5.74, 6) is -0.397. The first kappa shape index (κ1) is 10.1. The quantitative estimate of drug-likeness (QED) is 0.434. The van der Waals surface area contributed by atoms with Crippen LogP contribution in [0.3, 0.4) is 0 Å². The molecule has 80 valence electrons. The van der Waals surface area contributed by atoms with Crippen LogP contribution in [0, 0.1) is 0 Å². The molecule has 1 aromatic carbocycles. The van der Waals surface area contributed by atoms with E-state index in [9.17, 15) is 4.79 Å². The van der Waals surface area contributed by atoms with Crippen molar-refractivity contribution < 1.29 is 4.79 Å². The van der Waals surface area contributed by atoms with Gasteiger partial charge in [-0.2, -0.15) is 4.68 Å². The molecule has 0 saturated heterocycles. The minimum absolute atomic E-state index is 0.397. The summed E-state index contributed by atoms with van der Waals surface area (Å²) >= 11 is 0. The van der Waals surface area contributed by atoms with E-state index in [4.69, 9.17) is 5.53 Å². The third-order valence-corrected chi connectivity index (χ3v) is 2.14. The van der Waals surface area contributed by atoms with Crippen molar-refractivity contribution in [2.45, 2.75) is 13.0 Å². The highest BCUT2D eigenvalue weighted by Gasteiger charge is 2.17. The number of benzene rings is 1. The number of hydrogen-bond acceptors (Lipinski definition) is 4.